The van der Waals surface area contributed by atoms with E-state index in [2.05, 4.69) is 10.3 Å². The highest BCUT2D eigenvalue weighted by molar-refractivity contribution is 5.71. The van der Waals surface area contributed by atoms with Crippen LogP contribution in [0.5, 0.6) is 0 Å². The van der Waals surface area contributed by atoms with E-state index < -0.39 is 6.03 Å². The van der Waals surface area contributed by atoms with Gasteiger partial charge in [-0.25, -0.2) is 4.79 Å². The number of nitrogens with two attached hydrogens (primary N) is 1. The molecule has 0 saturated carbocycles. The molecule has 0 aliphatic heterocycles. The van der Waals surface area contributed by atoms with Gasteiger partial charge in [0.2, 0.25) is 0 Å². The Labute approximate surface area is 59.9 Å². The summed E-state index contributed by atoms with van der Waals surface area (Å²) in [4.78, 5) is 10.5. The summed E-state index contributed by atoms with van der Waals surface area (Å²) < 4.78 is 0. The number of nitrogens with zero attached hydrogens (tertiary/aromatic N) is 3. The van der Waals surface area contributed by atoms with Gasteiger partial charge in [0.05, 0.1) is 13.1 Å². The molecule has 0 rings (SSSR count). The molecule has 0 radical (unpaired) electrons. The molecule has 0 unspecified atom stereocenters. The Morgan fingerprint density at radius 3 is 2.20 bits per heavy atom. The Kier molecular flexibility index (Phi) is 3.38. The van der Waals surface area contributed by atoms with Crippen molar-refractivity contribution in [1.82, 2.24) is 5.01 Å². The molecule has 0 aromatic carbocycles. The van der Waals surface area contributed by atoms with E-state index >= 15 is 0 Å². The molecule has 0 saturated heterocycles. The van der Waals surface area contributed by atoms with Gasteiger partial charge in [0.15, 0.2) is 0 Å². The molecule has 2 amide bonds. The SMILES string of the molecule is CN=NN(C(N)=O)C(C)C. The van der Waals surface area contributed by atoms with E-state index in [-0.39, 0.29) is 6.04 Å². The lowest BCUT2D eigenvalue weighted by atomic mass is 10.4. The highest BCUT2D eigenvalue weighted by Crippen LogP contribution is 1.97. The summed E-state index contributed by atoms with van der Waals surface area (Å²) in [6.45, 7) is 3.61. The first-order chi connectivity index (χ1) is 4.59. The van der Waals surface area contributed by atoms with Crippen molar-refractivity contribution in [2.75, 3.05) is 7.05 Å². The maximum Gasteiger partial charge on any atom is 0.336 e. The molecule has 0 aliphatic carbocycles. The Balaban J connectivity index is 4.12. The van der Waals surface area contributed by atoms with Crippen LogP contribution in [0.3, 0.4) is 0 Å². The van der Waals surface area contributed by atoms with Crippen LogP contribution < -0.4 is 5.73 Å². The first kappa shape index (κ1) is 8.87. The quantitative estimate of drug-likeness (QED) is 0.451. The molecule has 5 heteroatoms. The lowest BCUT2D eigenvalue weighted by Gasteiger charge is -2.15. The lowest BCUT2D eigenvalue weighted by molar-refractivity contribution is 0.190. The van der Waals surface area contributed by atoms with Gasteiger partial charge < -0.3 is 5.73 Å². The van der Waals surface area contributed by atoms with Crippen molar-refractivity contribution in [2.45, 2.75) is 19.9 Å². The lowest BCUT2D eigenvalue weighted by Crippen LogP contribution is -2.36. The van der Waals surface area contributed by atoms with Crippen LogP contribution in [-0.4, -0.2) is 24.1 Å². The number of primary amides is 1. The summed E-state index contributed by atoms with van der Waals surface area (Å²) in [5.41, 5.74) is 4.96. The Morgan fingerprint density at radius 2 is 2.10 bits per heavy atom. The molecule has 0 fully saturated rings. The summed E-state index contributed by atoms with van der Waals surface area (Å²) in [6.07, 6.45) is 0. The average Bonchev–Trinajstić information content (AvgIpc) is 1.81. The summed E-state index contributed by atoms with van der Waals surface area (Å²) in [7, 11) is 1.48. The molecule has 5 nitrogen and oxygen atoms in total. The fourth-order valence-electron chi connectivity index (χ4n) is 0.498. The van der Waals surface area contributed by atoms with Gasteiger partial charge >= 0.3 is 6.03 Å². The maximum absolute atomic E-state index is 10.5. The minimum atomic E-state index is -0.583. The van der Waals surface area contributed by atoms with E-state index in [4.69, 9.17) is 5.73 Å². The van der Waals surface area contributed by atoms with Crippen LogP contribution in [0.15, 0.2) is 10.3 Å². The summed E-state index contributed by atoms with van der Waals surface area (Å²) >= 11 is 0. The third-order valence-electron chi connectivity index (χ3n) is 0.901. The molecule has 2 N–H and O–H groups in total. The molecule has 0 spiro atoms. The van der Waals surface area contributed by atoms with Crippen LogP contribution in [0.4, 0.5) is 4.79 Å². The fourth-order valence-corrected chi connectivity index (χ4v) is 0.498. The number of carbonyl (C=O) groups excluding carboxylic acids is 1. The van der Waals surface area contributed by atoms with Gasteiger partial charge in [0.1, 0.15) is 0 Å². The van der Waals surface area contributed by atoms with Crippen LogP contribution in [0, 0.1) is 0 Å². The molecular formula is C5H12N4O. The Morgan fingerprint density at radius 1 is 1.60 bits per heavy atom. The van der Waals surface area contributed by atoms with E-state index in [9.17, 15) is 4.79 Å². The second kappa shape index (κ2) is 3.81. The van der Waals surface area contributed by atoms with Gasteiger partial charge in [0.25, 0.3) is 0 Å². The number of amides is 2. The minimum absolute atomic E-state index is 0.0406. The predicted molar refractivity (Wildman–Crippen MR) is 37.3 cm³/mol. The van der Waals surface area contributed by atoms with Crippen molar-refractivity contribution < 1.29 is 4.79 Å². The van der Waals surface area contributed by atoms with Crippen LogP contribution in [-0.2, 0) is 0 Å². The van der Waals surface area contributed by atoms with Gasteiger partial charge in [-0.1, -0.05) is 5.22 Å². The standard InChI is InChI=1S/C5H12N4O/c1-4(2)9(5(6)10)8-7-3/h4H,1-3H3,(H2,6,10). The molecular weight excluding hydrogens is 132 g/mol. The molecule has 0 aromatic rings. The third kappa shape index (κ3) is 2.43. The van der Waals surface area contributed by atoms with Crippen molar-refractivity contribution in [1.29, 1.82) is 0 Å². The van der Waals surface area contributed by atoms with Crippen molar-refractivity contribution in [2.24, 2.45) is 16.1 Å². The van der Waals surface area contributed by atoms with Crippen LogP contribution in [0.25, 0.3) is 0 Å². The second-order valence-corrected chi connectivity index (χ2v) is 2.07. The van der Waals surface area contributed by atoms with Gasteiger partial charge in [-0.2, -0.15) is 10.1 Å². The summed E-state index contributed by atoms with van der Waals surface area (Å²) in [5, 5.41) is 8.05. The first-order valence-electron chi connectivity index (χ1n) is 2.98. The van der Waals surface area contributed by atoms with Gasteiger partial charge in [-0.05, 0) is 13.8 Å². The zero-order chi connectivity index (χ0) is 8.15. The van der Waals surface area contributed by atoms with Crippen molar-refractivity contribution in [3.8, 4) is 0 Å². The van der Waals surface area contributed by atoms with Crippen LogP contribution >= 0.6 is 0 Å². The van der Waals surface area contributed by atoms with Crippen LogP contribution in [0.1, 0.15) is 13.8 Å². The first-order valence-corrected chi connectivity index (χ1v) is 2.98. The average molecular weight is 144 g/mol. The van der Waals surface area contributed by atoms with E-state index in [1.165, 1.54) is 7.05 Å². The molecule has 0 bridgehead atoms. The smallest absolute Gasteiger partial charge is 0.336 e. The molecule has 0 heterocycles. The zero-order valence-corrected chi connectivity index (χ0v) is 6.40. The van der Waals surface area contributed by atoms with Gasteiger partial charge in [-0.15, -0.1) is 0 Å². The summed E-state index contributed by atoms with van der Waals surface area (Å²) in [5.74, 6) is 0. The number of carbonyl (C=O) groups is 1. The maximum atomic E-state index is 10.5. The van der Waals surface area contributed by atoms with E-state index in [0.717, 1.165) is 5.01 Å². The highest BCUT2D eigenvalue weighted by atomic mass is 16.2. The molecule has 0 atom stereocenters. The Hall–Kier alpha value is -1.13. The second-order valence-electron chi connectivity index (χ2n) is 2.07. The number of hydrogen-bond donors (Lipinski definition) is 1. The van der Waals surface area contributed by atoms with Crippen molar-refractivity contribution in [3.05, 3.63) is 0 Å². The van der Waals surface area contributed by atoms with E-state index in [0.29, 0.717) is 0 Å². The minimum Gasteiger partial charge on any atom is -0.350 e. The normalized spacial score (nSPS) is 10.8. The van der Waals surface area contributed by atoms with Gasteiger partial charge in [0, 0.05) is 0 Å². The highest BCUT2D eigenvalue weighted by Gasteiger charge is 2.11. The van der Waals surface area contributed by atoms with Crippen molar-refractivity contribution >= 4 is 6.03 Å². The molecule has 0 aromatic heterocycles. The third-order valence-corrected chi connectivity index (χ3v) is 0.901. The zero-order valence-electron chi connectivity index (χ0n) is 6.40. The molecule has 58 valence electrons. The van der Waals surface area contributed by atoms with Gasteiger partial charge in [-0.3, -0.25) is 0 Å². The predicted octanol–water partition coefficient (Wildman–Crippen LogP) is 0.773. The Bertz CT molecular complexity index is 143. The van der Waals surface area contributed by atoms with E-state index in [1.54, 1.807) is 13.8 Å². The topological polar surface area (TPSA) is 71.1 Å². The molecule has 0 aliphatic rings. The number of urea groups is 1. The van der Waals surface area contributed by atoms with Crippen molar-refractivity contribution in [3.63, 3.8) is 0 Å². The monoisotopic (exact) mass is 144 g/mol. The largest absolute Gasteiger partial charge is 0.350 e. The number of hydrogen-bond acceptors (Lipinski definition) is 3. The van der Waals surface area contributed by atoms with Crippen LogP contribution in [0.2, 0.25) is 0 Å². The summed E-state index contributed by atoms with van der Waals surface area (Å²) in [6, 6.07) is -0.623. The fraction of sp³-hybridized carbons (Fsp3) is 0.800. The number of rotatable bonds is 2. The molecule has 10 heavy (non-hydrogen) atoms. The van der Waals surface area contributed by atoms with E-state index in [1.807, 2.05) is 0 Å².